The number of rotatable bonds is 7. The number of hydrogen-bond donors (Lipinski definition) is 1. The fraction of sp³-hybridized carbons (Fsp3) is 0.538. The van der Waals surface area contributed by atoms with Crippen LogP contribution < -0.4 is 5.32 Å². The van der Waals surface area contributed by atoms with Crippen molar-refractivity contribution >= 4 is 27.5 Å². The molecule has 0 aliphatic rings. The molecule has 0 saturated heterocycles. The fourth-order valence-electron chi connectivity index (χ4n) is 1.79. The van der Waals surface area contributed by atoms with Crippen LogP contribution in [-0.2, 0) is 4.74 Å². The average molecular weight is 321 g/mol. The largest absolute Gasteiger partial charge is 0.385 e. The Hall–Kier alpha value is -0.0900. The van der Waals surface area contributed by atoms with Crippen LogP contribution in [0.15, 0.2) is 22.7 Å². The third-order valence-electron chi connectivity index (χ3n) is 2.64. The van der Waals surface area contributed by atoms with Gasteiger partial charge in [0.1, 0.15) is 0 Å². The van der Waals surface area contributed by atoms with E-state index in [1.807, 2.05) is 6.07 Å². The lowest BCUT2D eigenvalue weighted by atomic mass is 10.0. The minimum Gasteiger partial charge on any atom is -0.385 e. The van der Waals surface area contributed by atoms with Crippen LogP contribution in [0, 0.1) is 0 Å². The molecule has 0 heterocycles. The van der Waals surface area contributed by atoms with Crippen molar-refractivity contribution in [1.82, 2.24) is 5.32 Å². The summed E-state index contributed by atoms with van der Waals surface area (Å²) in [5.74, 6) is 0. The van der Waals surface area contributed by atoms with Gasteiger partial charge in [-0.2, -0.15) is 0 Å². The summed E-state index contributed by atoms with van der Waals surface area (Å²) in [7, 11) is 1.74. The van der Waals surface area contributed by atoms with E-state index in [1.54, 1.807) is 7.11 Å². The lowest BCUT2D eigenvalue weighted by molar-refractivity contribution is 0.189. The van der Waals surface area contributed by atoms with Crippen LogP contribution in [0.3, 0.4) is 0 Å². The molecular formula is C13H19BrClNO. The summed E-state index contributed by atoms with van der Waals surface area (Å²) >= 11 is 9.46. The number of nitrogens with one attached hydrogen (secondary N) is 1. The van der Waals surface area contributed by atoms with Gasteiger partial charge in [-0.3, -0.25) is 0 Å². The van der Waals surface area contributed by atoms with E-state index in [9.17, 15) is 0 Å². The molecular weight excluding hydrogens is 302 g/mol. The molecule has 2 nitrogen and oxygen atoms in total. The van der Waals surface area contributed by atoms with E-state index in [2.05, 4.69) is 40.3 Å². The molecule has 0 bridgehead atoms. The maximum absolute atomic E-state index is 6.00. The topological polar surface area (TPSA) is 21.3 Å². The van der Waals surface area contributed by atoms with Crippen molar-refractivity contribution in [1.29, 1.82) is 0 Å². The van der Waals surface area contributed by atoms with Crippen molar-refractivity contribution in [2.45, 2.75) is 25.8 Å². The molecule has 0 amide bonds. The number of ether oxygens (including phenoxy) is 1. The van der Waals surface area contributed by atoms with Crippen LogP contribution in [0.2, 0.25) is 5.02 Å². The van der Waals surface area contributed by atoms with Gasteiger partial charge in [0.2, 0.25) is 0 Å². The molecule has 1 atom stereocenters. The van der Waals surface area contributed by atoms with E-state index >= 15 is 0 Å². The summed E-state index contributed by atoms with van der Waals surface area (Å²) in [5, 5.41) is 4.24. The van der Waals surface area contributed by atoms with Gasteiger partial charge in [0, 0.05) is 24.2 Å². The first-order valence-electron chi connectivity index (χ1n) is 5.86. The first-order valence-corrected chi connectivity index (χ1v) is 7.03. The summed E-state index contributed by atoms with van der Waals surface area (Å²) < 4.78 is 6.04. The zero-order valence-corrected chi connectivity index (χ0v) is 12.6. The lowest BCUT2D eigenvalue weighted by Crippen LogP contribution is -2.21. The second kappa shape index (κ2) is 8.09. The van der Waals surface area contributed by atoms with Gasteiger partial charge in [0.05, 0.1) is 5.02 Å². The molecule has 0 saturated carbocycles. The summed E-state index contributed by atoms with van der Waals surface area (Å²) in [4.78, 5) is 0. The highest BCUT2D eigenvalue weighted by atomic mass is 79.9. The molecule has 0 radical (unpaired) electrons. The molecule has 1 rings (SSSR count). The second-order valence-electron chi connectivity index (χ2n) is 3.92. The van der Waals surface area contributed by atoms with Crippen LogP contribution >= 0.6 is 27.5 Å². The Morgan fingerprint density at radius 3 is 2.82 bits per heavy atom. The molecule has 0 aliphatic carbocycles. The smallest absolute Gasteiger partial charge is 0.0548 e. The summed E-state index contributed by atoms with van der Waals surface area (Å²) in [6.45, 7) is 3.88. The van der Waals surface area contributed by atoms with Crippen molar-refractivity contribution in [3.8, 4) is 0 Å². The Morgan fingerprint density at radius 1 is 1.47 bits per heavy atom. The van der Waals surface area contributed by atoms with Gasteiger partial charge in [-0.15, -0.1) is 0 Å². The van der Waals surface area contributed by atoms with Crippen molar-refractivity contribution in [2.75, 3.05) is 20.3 Å². The number of hydrogen-bond acceptors (Lipinski definition) is 2. The Bertz CT molecular complexity index is 346. The summed E-state index contributed by atoms with van der Waals surface area (Å²) in [6, 6.07) is 6.46. The van der Waals surface area contributed by atoms with E-state index < -0.39 is 0 Å². The molecule has 1 N–H and O–H groups in total. The van der Waals surface area contributed by atoms with Crippen LogP contribution in [0.5, 0.6) is 0 Å². The third-order valence-corrected chi connectivity index (χ3v) is 3.85. The van der Waals surface area contributed by atoms with Gasteiger partial charge in [-0.25, -0.2) is 0 Å². The van der Waals surface area contributed by atoms with Crippen LogP contribution in [0.25, 0.3) is 0 Å². The minimum absolute atomic E-state index is 0.365. The van der Waals surface area contributed by atoms with Crippen molar-refractivity contribution in [3.05, 3.63) is 33.3 Å². The number of benzene rings is 1. The molecule has 4 heteroatoms. The molecule has 0 aromatic heterocycles. The van der Waals surface area contributed by atoms with Crippen LogP contribution in [0.4, 0.5) is 0 Å². The van der Waals surface area contributed by atoms with Crippen LogP contribution in [0.1, 0.15) is 31.4 Å². The highest BCUT2D eigenvalue weighted by molar-refractivity contribution is 9.10. The SMILES string of the molecule is CCNC(CCCOC)c1ccc(Cl)c(Br)c1. The monoisotopic (exact) mass is 319 g/mol. The van der Waals surface area contributed by atoms with Gasteiger partial charge >= 0.3 is 0 Å². The summed E-state index contributed by atoms with van der Waals surface area (Å²) in [6.07, 6.45) is 2.12. The highest BCUT2D eigenvalue weighted by Gasteiger charge is 2.11. The van der Waals surface area contributed by atoms with Crippen molar-refractivity contribution in [2.24, 2.45) is 0 Å². The summed E-state index contributed by atoms with van der Waals surface area (Å²) in [5.41, 5.74) is 1.26. The van der Waals surface area contributed by atoms with Gasteiger partial charge in [0.25, 0.3) is 0 Å². The van der Waals surface area contributed by atoms with Gasteiger partial charge in [0.15, 0.2) is 0 Å². The van der Waals surface area contributed by atoms with E-state index in [-0.39, 0.29) is 0 Å². The lowest BCUT2D eigenvalue weighted by Gasteiger charge is -2.18. The first kappa shape index (κ1) is 15.0. The zero-order valence-electron chi connectivity index (χ0n) is 10.3. The third kappa shape index (κ3) is 4.96. The van der Waals surface area contributed by atoms with Crippen molar-refractivity contribution < 1.29 is 4.74 Å². The predicted octanol–water partition coefficient (Wildman–Crippen LogP) is 4.18. The number of methoxy groups -OCH3 is 1. The molecule has 1 unspecified atom stereocenters. The Morgan fingerprint density at radius 2 is 2.24 bits per heavy atom. The Balaban J connectivity index is 2.70. The molecule has 96 valence electrons. The quantitative estimate of drug-likeness (QED) is 0.761. The van der Waals surface area contributed by atoms with Crippen LogP contribution in [-0.4, -0.2) is 20.3 Å². The zero-order chi connectivity index (χ0) is 12.7. The molecule has 0 aliphatic heterocycles. The maximum atomic E-state index is 6.00. The van der Waals surface area contributed by atoms with Crippen molar-refractivity contribution in [3.63, 3.8) is 0 Å². The van der Waals surface area contributed by atoms with E-state index in [1.165, 1.54) is 5.56 Å². The molecule has 1 aromatic rings. The molecule has 0 spiro atoms. The van der Waals surface area contributed by atoms with Gasteiger partial charge < -0.3 is 10.1 Å². The molecule has 0 fully saturated rings. The fourth-order valence-corrected chi connectivity index (χ4v) is 2.31. The Labute approximate surface area is 117 Å². The minimum atomic E-state index is 0.365. The van der Waals surface area contributed by atoms with E-state index in [4.69, 9.17) is 16.3 Å². The van der Waals surface area contributed by atoms with Gasteiger partial charge in [-0.05, 0) is 53.0 Å². The highest BCUT2D eigenvalue weighted by Crippen LogP contribution is 2.27. The normalized spacial score (nSPS) is 12.7. The predicted molar refractivity (Wildman–Crippen MR) is 76.7 cm³/mol. The van der Waals surface area contributed by atoms with E-state index in [0.29, 0.717) is 6.04 Å². The average Bonchev–Trinajstić information content (AvgIpc) is 2.32. The molecule has 1 aromatic carbocycles. The first-order chi connectivity index (χ1) is 8.19. The number of halogens is 2. The van der Waals surface area contributed by atoms with E-state index in [0.717, 1.165) is 35.5 Å². The second-order valence-corrected chi connectivity index (χ2v) is 5.18. The standard InChI is InChI=1S/C13H19BrClNO/c1-3-16-13(5-4-8-17-2)10-6-7-12(15)11(14)9-10/h6-7,9,13,16H,3-5,8H2,1-2H3. The Kier molecular flexibility index (Phi) is 7.12. The molecule has 17 heavy (non-hydrogen) atoms. The maximum Gasteiger partial charge on any atom is 0.0548 e. The van der Waals surface area contributed by atoms with Gasteiger partial charge in [-0.1, -0.05) is 24.6 Å².